The molecule has 0 saturated carbocycles. The van der Waals surface area contributed by atoms with Gasteiger partial charge in [-0.05, 0) is 47.7 Å². The Hall–Kier alpha value is -1.71. The van der Waals surface area contributed by atoms with Gasteiger partial charge in [-0.15, -0.1) is 0 Å². The number of aryl methyl sites for hydroxylation is 2. The Kier molecular flexibility index (Phi) is 6.95. The zero-order valence-electron chi connectivity index (χ0n) is 13.9. The molecule has 5 heteroatoms. The van der Waals surface area contributed by atoms with E-state index in [0.29, 0.717) is 22.3 Å². The summed E-state index contributed by atoms with van der Waals surface area (Å²) in [7, 11) is 0. The monoisotopic (exact) mass is 365 g/mol. The summed E-state index contributed by atoms with van der Waals surface area (Å²) in [5.74, 6) is 0.253. The van der Waals surface area contributed by atoms with E-state index in [9.17, 15) is 4.79 Å². The molecule has 0 bridgehead atoms. The van der Waals surface area contributed by atoms with E-state index in [2.05, 4.69) is 37.4 Å². The van der Waals surface area contributed by atoms with Crippen LogP contribution in [0.1, 0.15) is 30.5 Å². The fraction of sp³-hybridized carbons (Fsp3) is 0.316. The number of hydrogen-bond acceptors (Lipinski definition) is 2. The summed E-state index contributed by atoms with van der Waals surface area (Å²) in [5.41, 5.74) is 3.66. The number of ether oxygens (including phenoxy) is 1. The minimum atomic E-state index is -0.190. The quantitative estimate of drug-likeness (QED) is 0.764. The number of benzene rings is 2. The third-order valence-electron chi connectivity index (χ3n) is 3.79. The molecule has 1 N–H and O–H groups in total. The standard InChI is InChI=1S/C19H21Cl2NO2/c1-3-13-5-6-14(4-2)15(9-13)11-22-19(23)12-24-18-8-7-16(20)10-17(18)21/h5-10H,3-4,11-12H2,1-2H3,(H,22,23). The van der Waals surface area contributed by atoms with E-state index >= 15 is 0 Å². The Balaban J connectivity index is 1.91. The summed E-state index contributed by atoms with van der Waals surface area (Å²) in [6, 6.07) is 11.3. The molecule has 0 atom stereocenters. The number of rotatable bonds is 7. The molecule has 0 fully saturated rings. The van der Waals surface area contributed by atoms with Crippen LogP contribution in [0.25, 0.3) is 0 Å². The van der Waals surface area contributed by atoms with Gasteiger partial charge >= 0.3 is 0 Å². The maximum atomic E-state index is 12.0. The molecule has 128 valence electrons. The van der Waals surface area contributed by atoms with Crippen molar-refractivity contribution < 1.29 is 9.53 Å². The van der Waals surface area contributed by atoms with Crippen LogP contribution in [0.3, 0.4) is 0 Å². The highest BCUT2D eigenvalue weighted by Crippen LogP contribution is 2.27. The molecule has 0 heterocycles. The minimum Gasteiger partial charge on any atom is -0.482 e. The lowest BCUT2D eigenvalue weighted by molar-refractivity contribution is -0.123. The van der Waals surface area contributed by atoms with Gasteiger partial charge in [0.05, 0.1) is 5.02 Å². The van der Waals surface area contributed by atoms with Crippen LogP contribution in [0.4, 0.5) is 0 Å². The number of nitrogens with one attached hydrogen (secondary N) is 1. The number of carbonyl (C=O) groups excluding carboxylic acids is 1. The molecule has 0 spiro atoms. The van der Waals surface area contributed by atoms with Crippen molar-refractivity contribution in [3.63, 3.8) is 0 Å². The molecule has 24 heavy (non-hydrogen) atoms. The molecule has 0 saturated heterocycles. The van der Waals surface area contributed by atoms with Crippen molar-refractivity contribution in [1.29, 1.82) is 0 Å². The van der Waals surface area contributed by atoms with Crippen molar-refractivity contribution >= 4 is 29.1 Å². The van der Waals surface area contributed by atoms with Crippen molar-refractivity contribution in [2.24, 2.45) is 0 Å². The third-order valence-corrected chi connectivity index (χ3v) is 4.32. The van der Waals surface area contributed by atoms with Crippen molar-refractivity contribution in [2.45, 2.75) is 33.2 Å². The molecule has 2 aromatic rings. The van der Waals surface area contributed by atoms with E-state index in [1.165, 1.54) is 11.1 Å². The summed E-state index contributed by atoms with van der Waals surface area (Å²) in [5, 5.41) is 3.81. The molecular weight excluding hydrogens is 345 g/mol. The Morgan fingerprint density at radius 3 is 2.50 bits per heavy atom. The predicted molar refractivity (Wildman–Crippen MR) is 99.0 cm³/mol. The Labute approximate surface area is 152 Å². The molecule has 0 radical (unpaired) electrons. The van der Waals surface area contributed by atoms with Gasteiger partial charge in [-0.3, -0.25) is 4.79 Å². The fourth-order valence-electron chi connectivity index (χ4n) is 2.39. The van der Waals surface area contributed by atoms with Crippen molar-refractivity contribution in [2.75, 3.05) is 6.61 Å². The van der Waals surface area contributed by atoms with Crippen LogP contribution < -0.4 is 10.1 Å². The first-order valence-electron chi connectivity index (χ1n) is 7.98. The van der Waals surface area contributed by atoms with Crippen molar-refractivity contribution in [1.82, 2.24) is 5.32 Å². The lowest BCUT2D eigenvalue weighted by Gasteiger charge is -2.12. The second-order valence-electron chi connectivity index (χ2n) is 5.45. The largest absolute Gasteiger partial charge is 0.482 e. The number of carbonyl (C=O) groups is 1. The third kappa shape index (κ3) is 5.15. The minimum absolute atomic E-state index is 0.0870. The van der Waals surface area contributed by atoms with E-state index in [1.807, 2.05) is 0 Å². The van der Waals surface area contributed by atoms with Gasteiger partial charge < -0.3 is 10.1 Å². The van der Waals surface area contributed by atoms with E-state index in [-0.39, 0.29) is 12.5 Å². The van der Waals surface area contributed by atoms with Gasteiger partial charge in [0, 0.05) is 11.6 Å². The van der Waals surface area contributed by atoms with Crippen LogP contribution in [-0.4, -0.2) is 12.5 Å². The van der Waals surface area contributed by atoms with Crippen molar-refractivity contribution in [3.8, 4) is 5.75 Å². The molecule has 0 aliphatic carbocycles. The average Bonchev–Trinajstić information content (AvgIpc) is 2.58. The maximum Gasteiger partial charge on any atom is 0.258 e. The normalized spacial score (nSPS) is 10.5. The van der Waals surface area contributed by atoms with E-state index < -0.39 is 0 Å². The Morgan fingerprint density at radius 1 is 1.04 bits per heavy atom. The Morgan fingerprint density at radius 2 is 1.83 bits per heavy atom. The molecule has 1 amide bonds. The highest BCUT2D eigenvalue weighted by molar-refractivity contribution is 6.35. The molecular formula is C19H21Cl2NO2. The van der Waals surface area contributed by atoms with Crippen LogP contribution in [-0.2, 0) is 24.2 Å². The van der Waals surface area contributed by atoms with Gasteiger partial charge in [-0.2, -0.15) is 0 Å². The summed E-state index contributed by atoms with van der Waals surface area (Å²) in [4.78, 5) is 12.0. The first kappa shape index (κ1) is 18.6. The highest BCUT2D eigenvalue weighted by atomic mass is 35.5. The predicted octanol–water partition coefficient (Wildman–Crippen LogP) is 4.81. The van der Waals surface area contributed by atoms with Gasteiger partial charge in [0.15, 0.2) is 6.61 Å². The number of hydrogen-bond donors (Lipinski definition) is 1. The first-order valence-corrected chi connectivity index (χ1v) is 8.74. The smallest absolute Gasteiger partial charge is 0.258 e. The molecule has 3 nitrogen and oxygen atoms in total. The topological polar surface area (TPSA) is 38.3 Å². The van der Waals surface area contributed by atoms with Gasteiger partial charge in [0.1, 0.15) is 5.75 Å². The second-order valence-corrected chi connectivity index (χ2v) is 6.29. The first-order chi connectivity index (χ1) is 11.5. The van der Waals surface area contributed by atoms with Crippen LogP contribution >= 0.6 is 23.2 Å². The van der Waals surface area contributed by atoms with Crippen molar-refractivity contribution in [3.05, 3.63) is 63.1 Å². The summed E-state index contributed by atoms with van der Waals surface area (Å²) in [6.07, 6.45) is 1.91. The molecule has 0 unspecified atom stereocenters. The fourth-order valence-corrected chi connectivity index (χ4v) is 2.85. The van der Waals surface area contributed by atoms with Gasteiger partial charge in [-0.1, -0.05) is 55.2 Å². The average molecular weight is 366 g/mol. The maximum absolute atomic E-state index is 12.0. The second kappa shape index (κ2) is 8.95. The molecule has 2 rings (SSSR count). The summed E-state index contributed by atoms with van der Waals surface area (Å²) < 4.78 is 5.44. The SMILES string of the molecule is CCc1ccc(CC)c(CNC(=O)COc2ccc(Cl)cc2Cl)c1. The lowest BCUT2D eigenvalue weighted by Crippen LogP contribution is -2.28. The molecule has 0 aliphatic heterocycles. The zero-order chi connectivity index (χ0) is 17.5. The molecule has 2 aromatic carbocycles. The highest BCUT2D eigenvalue weighted by Gasteiger charge is 2.08. The summed E-state index contributed by atoms with van der Waals surface area (Å²) in [6.45, 7) is 4.63. The van der Waals surface area contributed by atoms with Gasteiger partial charge in [-0.25, -0.2) is 0 Å². The number of amides is 1. The zero-order valence-corrected chi connectivity index (χ0v) is 15.4. The van der Waals surface area contributed by atoms with Crippen LogP contribution in [0, 0.1) is 0 Å². The van der Waals surface area contributed by atoms with E-state index in [1.54, 1.807) is 18.2 Å². The van der Waals surface area contributed by atoms with Crippen LogP contribution in [0.15, 0.2) is 36.4 Å². The Bertz CT molecular complexity index is 717. The molecule has 0 aromatic heterocycles. The lowest BCUT2D eigenvalue weighted by atomic mass is 10.0. The van der Waals surface area contributed by atoms with Crippen LogP contribution in [0.2, 0.25) is 10.0 Å². The molecule has 0 aliphatic rings. The van der Waals surface area contributed by atoms with E-state index in [0.717, 1.165) is 18.4 Å². The van der Waals surface area contributed by atoms with E-state index in [4.69, 9.17) is 27.9 Å². The van der Waals surface area contributed by atoms with Crippen LogP contribution in [0.5, 0.6) is 5.75 Å². The number of halogens is 2. The summed E-state index contributed by atoms with van der Waals surface area (Å²) >= 11 is 11.8. The van der Waals surface area contributed by atoms with Gasteiger partial charge in [0.25, 0.3) is 5.91 Å². The van der Waals surface area contributed by atoms with Gasteiger partial charge in [0.2, 0.25) is 0 Å².